The first-order valence-corrected chi connectivity index (χ1v) is 7.94. The van der Waals surface area contributed by atoms with Crippen LogP contribution in [-0.4, -0.2) is 50.9 Å². The fourth-order valence-electron chi connectivity index (χ4n) is 1.88. The summed E-state index contributed by atoms with van der Waals surface area (Å²) in [4.78, 5) is 36.8. The van der Waals surface area contributed by atoms with Crippen molar-refractivity contribution in [3.05, 3.63) is 27.0 Å². The minimum atomic E-state index is -4.31. The van der Waals surface area contributed by atoms with Crippen LogP contribution in [0.15, 0.2) is 20.7 Å². The van der Waals surface area contributed by atoms with Gasteiger partial charge in [-0.1, -0.05) is 0 Å². The fourth-order valence-corrected chi connectivity index (χ4v) is 5.16. The average molecular weight is 321 g/mol. The van der Waals surface area contributed by atoms with Crippen molar-refractivity contribution in [1.29, 1.82) is 0 Å². The third-order valence-corrected chi connectivity index (χ3v) is 6.12. The number of thioether (sulfide) groups is 1. The van der Waals surface area contributed by atoms with Crippen molar-refractivity contribution in [2.75, 3.05) is 5.75 Å². The second-order valence-corrected chi connectivity index (χ2v) is 7.22. The second kappa shape index (κ2) is 5.07. The highest BCUT2D eigenvalue weighted by atomic mass is 32.2. The van der Waals surface area contributed by atoms with E-state index >= 15 is 0 Å². The van der Waals surface area contributed by atoms with Gasteiger partial charge < -0.3 is 10.1 Å². The number of rotatable bonds is 3. The molecule has 0 saturated carbocycles. The van der Waals surface area contributed by atoms with E-state index in [-0.39, 0.29) is 5.75 Å². The van der Waals surface area contributed by atoms with Crippen LogP contribution in [0.25, 0.3) is 0 Å². The molecule has 1 fully saturated rings. The van der Waals surface area contributed by atoms with Crippen LogP contribution in [0, 0.1) is 0 Å². The van der Waals surface area contributed by atoms with Gasteiger partial charge in [0.25, 0.3) is 15.6 Å². The van der Waals surface area contributed by atoms with E-state index in [1.54, 1.807) is 4.98 Å². The number of aromatic nitrogens is 2. The van der Waals surface area contributed by atoms with Crippen molar-refractivity contribution >= 4 is 27.8 Å². The summed E-state index contributed by atoms with van der Waals surface area (Å²) in [6.45, 7) is 1.53. The zero-order chi connectivity index (χ0) is 15.1. The van der Waals surface area contributed by atoms with E-state index in [9.17, 15) is 22.8 Å². The predicted molar refractivity (Wildman–Crippen MR) is 70.1 cm³/mol. The fraction of sp³-hybridized carbons (Fsp3) is 0.444. The van der Waals surface area contributed by atoms with E-state index < -0.39 is 43.6 Å². The van der Waals surface area contributed by atoms with E-state index in [0.717, 1.165) is 22.3 Å². The molecule has 2 unspecified atom stereocenters. The Balaban J connectivity index is 2.56. The van der Waals surface area contributed by atoms with E-state index in [1.165, 1.54) is 6.92 Å². The molecule has 1 aromatic rings. The van der Waals surface area contributed by atoms with Crippen molar-refractivity contribution in [3.8, 4) is 0 Å². The van der Waals surface area contributed by atoms with Crippen molar-refractivity contribution < 1.29 is 18.3 Å². The highest BCUT2D eigenvalue weighted by molar-refractivity contribution is 8.01. The lowest BCUT2D eigenvalue weighted by Crippen LogP contribution is -2.46. The molecule has 1 aromatic heterocycles. The molecule has 11 heteroatoms. The van der Waals surface area contributed by atoms with Gasteiger partial charge in [0.05, 0.1) is 5.37 Å². The number of sulfonamides is 1. The number of carbonyl (C=O) groups is 1. The molecule has 0 radical (unpaired) electrons. The minimum absolute atomic E-state index is 0.0942. The zero-order valence-electron chi connectivity index (χ0n) is 10.2. The minimum Gasteiger partial charge on any atom is -0.480 e. The number of aromatic amines is 2. The number of H-pyrrole nitrogens is 2. The third-order valence-electron chi connectivity index (χ3n) is 2.79. The summed E-state index contributed by atoms with van der Waals surface area (Å²) in [5.74, 6) is -1.19. The molecule has 2 heterocycles. The molecular weight excluding hydrogens is 310 g/mol. The molecule has 0 amide bonds. The highest BCUT2D eigenvalue weighted by Gasteiger charge is 2.45. The number of carboxylic acid groups (broad SMARTS) is 1. The maximum Gasteiger partial charge on any atom is 0.325 e. The smallest absolute Gasteiger partial charge is 0.325 e. The topological polar surface area (TPSA) is 140 Å². The summed E-state index contributed by atoms with van der Waals surface area (Å²) in [7, 11) is -4.31. The van der Waals surface area contributed by atoms with Crippen molar-refractivity contribution in [3.63, 3.8) is 0 Å². The van der Waals surface area contributed by atoms with Gasteiger partial charge in [0.15, 0.2) is 4.90 Å². The number of nitrogens with zero attached hydrogens (tertiary/aromatic N) is 1. The second-order valence-electron chi connectivity index (χ2n) is 4.06. The largest absolute Gasteiger partial charge is 0.480 e. The van der Waals surface area contributed by atoms with Gasteiger partial charge in [-0.2, -0.15) is 4.31 Å². The number of aliphatic carboxylic acids is 1. The maximum absolute atomic E-state index is 12.4. The Kier molecular flexibility index (Phi) is 3.75. The zero-order valence-corrected chi connectivity index (χ0v) is 11.8. The van der Waals surface area contributed by atoms with Crippen molar-refractivity contribution in [2.45, 2.75) is 23.2 Å². The number of hydrogen-bond donors (Lipinski definition) is 3. The molecule has 9 nitrogen and oxygen atoms in total. The maximum atomic E-state index is 12.4. The lowest BCUT2D eigenvalue weighted by Gasteiger charge is -2.23. The summed E-state index contributed by atoms with van der Waals surface area (Å²) in [5.41, 5.74) is -1.92. The Morgan fingerprint density at radius 1 is 1.50 bits per heavy atom. The Labute approximate surface area is 117 Å². The molecule has 0 spiro atoms. The average Bonchev–Trinajstić information content (AvgIpc) is 2.71. The molecule has 0 aliphatic carbocycles. The van der Waals surface area contributed by atoms with Gasteiger partial charge in [-0.15, -0.1) is 11.8 Å². The predicted octanol–water partition coefficient (Wildman–Crippen LogP) is -1.40. The van der Waals surface area contributed by atoms with Gasteiger partial charge >= 0.3 is 11.7 Å². The number of nitrogens with one attached hydrogen (secondary N) is 2. The van der Waals surface area contributed by atoms with Crippen LogP contribution in [0.4, 0.5) is 0 Å². The molecule has 0 aromatic carbocycles. The molecule has 20 heavy (non-hydrogen) atoms. The summed E-state index contributed by atoms with van der Waals surface area (Å²) in [5, 5.41) is 8.44. The molecule has 1 aliphatic heterocycles. The van der Waals surface area contributed by atoms with Crippen molar-refractivity contribution in [1.82, 2.24) is 14.3 Å². The Morgan fingerprint density at radius 3 is 2.70 bits per heavy atom. The molecular formula is C9H11N3O6S2. The van der Waals surface area contributed by atoms with Gasteiger partial charge in [0.1, 0.15) is 6.04 Å². The van der Waals surface area contributed by atoms with E-state index in [0.29, 0.717) is 0 Å². The van der Waals surface area contributed by atoms with Gasteiger partial charge in [0.2, 0.25) is 0 Å². The number of hydrogen-bond acceptors (Lipinski definition) is 6. The summed E-state index contributed by atoms with van der Waals surface area (Å²) >= 11 is 1.15. The molecule has 0 bridgehead atoms. The van der Waals surface area contributed by atoms with Crippen LogP contribution >= 0.6 is 11.8 Å². The van der Waals surface area contributed by atoms with Crippen LogP contribution in [0.5, 0.6) is 0 Å². The standard InChI is InChI=1S/C9H11N3O6S2/c1-4-12(5(3-19-4)8(14)15)20(17,18)6-2-10-9(16)11-7(6)13/h2,4-5H,3H2,1H3,(H,14,15)(H2,10,11,13,16). The summed E-state index contributed by atoms with van der Waals surface area (Å²) in [6, 6.07) is -1.24. The van der Waals surface area contributed by atoms with Crippen LogP contribution in [0.1, 0.15) is 6.92 Å². The summed E-state index contributed by atoms with van der Waals surface area (Å²) < 4.78 is 25.6. The third kappa shape index (κ3) is 2.39. The summed E-state index contributed by atoms with van der Waals surface area (Å²) in [6.07, 6.45) is 0.769. The first kappa shape index (κ1) is 14.8. The van der Waals surface area contributed by atoms with E-state index in [4.69, 9.17) is 5.11 Å². The Bertz CT molecular complexity index is 751. The lowest BCUT2D eigenvalue weighted by atomic mass is 10.3. The Morgan fingerprint density at radius 2 is 2.15 bits per heavy atom. The van der Waals surface area contributed by atoms with Crippen LogP contribution in [-0.2, 0) is 14.8 Å². The van der Waals surface area contributed by atoms with Gasteiger partial charge in [-0.25, -0.2) is 13.2 Å². The van der Waals surface area contributed by atoms with Gasteiger partial charge in [0, 0.05) is 11.9 Å². The number of carboxylic acids is 1. The van der Waals surface area contributed by atoms with E-state index in [2.05, 4.69) is 4.98 Å². The van der Waals surface area contributed by atoms with Gasteiger partial charge in [-0.3, -0.25) is 14.6 Å². The normalized spacial score (nSPS) is 23.9. The van der Waals surface area contributed by atoms with Crippen LogP contribution in [0.2, 0.25) is 0 Å². The monoisotopic (exact) mass is 321 g/mol. The quantitative estimate of drug-likeness (QED) is 0.622. The van der Waals surface area contributed by atoms with Crippen LogP contribution < -0.4 is 11.2 Å². The molecule has 2 atom stereocenters. The van der Waals surface area contributed by atoms with Crippen LogP contribution in [0.3, 0.4) is 0 Å². The van der Waals surface area contributed by atoms with E-state index in [1.807, 2.05) is 0 Å². The molecule has 3 N–H and O–H groups in total. The highest BCUT2D eigenvalue weighted by Crippen LogP contribution is 2.33. The SMILES string of the molecule is CC1SCC(C(=O)O)N1S(=O)(=O)c1c[nH]c(=O)[nH]c1=O. The molecule has 1 aliphatic rings. The van der Waals surface area contributed by atoms with Crippen molar-refractivity contribution in [2.24, 2.45) is 0 Å². The Hall–Kier alpha value is -1.59. The lowest BCUT2D eigenvalue weighted by molar-refractivity contribution is -0.140. The molecule has 110 valence electrons. The molecule has 1 saturated heterocycles. The molecule has 2 rings (SSSR count). The van der Waals surface area contributed by atoms with Gasteiger partial charge in [-0.05, 0) is 6.92 Å². The first-order chi connectivity index (χ1) is 9.25. The first-order valence-electron chi connectivity index (χ1n) is 5.45.